The average Bonchev–Trinajstić information content (AvgIpc) is 3.28. The zero-order chi connectivity index (χ0) is 25.1. The normalized spacial score (nSPS) is 11.4. The van der Waals surface area contributed by atoms with Crippen molar-refractivity contribution >= 4 is 34.3 Å². The molecule has 0 atom stereocenters. The van der Waals surface area contributed by atoms with Gasteiger partial charge in [-0.1, -0.05) is 13.8 Å². The minimum Gasteiger partial charge on any atom is -0.494 e. The van der Waals surface area contributed by atoms with E-state index in [9.17, 15) is 0 Å². The maximum atomic E-state index is 15.5. The number of methoxy groups -OCH3 is 1. The first-order valence-electron chi connectivity index (χ1n) is 11.2. The highest BCUT2D eigenvalue weighted by Gasteiger charge is 2.26. The smallest absolute Gasteiger partial charge is 0.191 e. The molecular formula is C25H28F2N6OS. The Morgan fingerprint density at radius 3 is 2.57 bits per heavy atom. The van der Waals surface area contributed by atoms with Crippen LogP contribution in [0.15, 0.2) is 47.8 Å². The number of ether oxygens (including phenoxy) is 1. The first-order chi connectivity index (χ1) is 16.8. The molecule has 0 aliphatic rings. The van der Waals surface area contributed by atoms with Crippen molar-refractivity contribution in [1.82, 2.24) is 25.1 Å². The van der Waals surface area contributed by atoms with Crippen LogP contribution >= 0.6 is 11.8 Å². The summed E-state index contributed by atoms with van der Waals surface area (Å²) >= 11 is 1.19. The highest BCUT2D eigenvalue weighted by atomic mass is 32.2. The lowest BCUT2D eigenvalue weighted by molar-refractivity contribution is 0.382. The minimum absolute atomic E-state index is 0.0195. The summed E-state index contributed by atoms with van der Waals surface area (Å²) in [5, 5.41) is 7.52. The van der Waals surface area contributed by atoms with E-state index in [1.807, 2.05) is 33.2 Å². The summed E-state index contributed by atoms with van der Waals surface area (Å²) in [6.45, 7) is 4.82. The number of rotatable bonds is 9. The zero-order valence-electron chi connectivity index (χ0n) is 20.3. The largest absolute Gasteiger partial charge is 0.494 e. The van der Waals surface area contributed by atoms with Gasteiger partial charge in [0.25, 0.3) is 0 Å². The summed E-state index contributed by atoms with van der Waals surface area (Å²) in [5.74, 6) is -1.03. The Bertz CT molecular complexity index is 1320. The van der Waals surface area contributed by atoms with Gasteiger partial charge in [-0.25, -0.2) is 13.8 Å². The van der Waals surface area contributed by atoms with Gasteiger partial charge in [0.05, 0.1) is 24.3 Å². The molecule has 0 bridgehead atoms. The number of aryl methyl sites for hydroxylation is 1. The summed E-state index contributed by atoms with van der Waals surface area (Å²) < 4.78 is 38.0. The molecule has 3 heterocycles. The van der Waals surface area contributed by atoms with Gasteiger partial charge in [-0.3, -0.25) is 9.67 Å². The average molecular weight is 499 g/mol. The van der Waals surface area contributed by atoms with Crippen molar-refractivity contribution < 1.29 is 13.5 Å². The maximum absolute atomic E-state index is 15.5. The Kier molecular flexibility index (Phi) is 7.51. The van der Waals surface area contributed by atoms with Crippen LogP contribution in [0.4, 0.5) is 20.3 Å². The third-order valence-corrected chi connectivity index (χ3v) is 6.28. The van der Waals surface area contributed by atoms with Crippen LogP contribution in [0.5, 0.6) is 5.75 Å². The predicted molar refractivity (Wildman–Crippen MR) is 137 cm³/mol. The van der Waals surface area contributed by atoms with Gasteiger partial charge in [0, 0.05) is 54.6 Å². The molecule has 0 radical (unpaired) electrons. The number of hydrogen-bond donors (Lipinski definition) is 1. The summed E-state index contributed by atoms with van der Waals surface area (Å²) in [6, 6.07) is 7.03. The van der Waals surface area contributed by atoms with Gasteiger partial charge in [0.1, 0.15) is 11.5 Å². The Labute approximate surface area is 207 Å². The molecule has 3 aromatic heterocycles. The molecule has 1 N–H and O–H groups in total. The van der Waals surface area contributed by atoms with E-state index in [4.69, 9.17) is 9.72 Å². The summed E-state index contributed by atoms with van der Waals surface area (Å²) in [4.78, 5) is 11.1. The molecule has 4 aromatic rings. The highest BCUT2D eigenvalue weighted by Crippen LogP contribution is 2.39. The van der Waals surface area contributed by atoms with Gasteiger partial charge in [0.15, 0.2) is 17.4 Å². The van der Waals surface area contributed by atoms with E-state index in [-0.39, 0.29) is 17.5 Å². The molecule has 0 amide bonds. The number of thioether (sulfide) groups is 1. The van der Waals surface area contributed by atoms with Crippen molar-refractivity contribution in [3.05, 3.63) is 54.5 Å². The second-order valence-electron chi connectivity index (χ2n) is 8.35. The third kappa shape index (κ3) is 5.23. The summed E-state index contributed by atoms with van der Waals surface area (Å²) in [7, 11) is 3.21. The van der Waals surface area contributed by atoms with Crippen molar-refractivity contribution in [2.45, 2.75) is 24.8 Å². The van der Waals surface area contributed by atoms with Crippen LogP contribution in [-0.4, -0.2) is 52.2 Å². The van der Waals surface area contributed by atoms with Crippen molar-refractivity contribution in [3.8, 4) is 16.9 Å². The summed E-state index contributed by atoms with van der Waals surface area (Å²) in [6.07, 6.45) is 7.14. The summed E-state index contributed by atoms with van der Waals surface area (Å²) in [5.41, 5.74) is 2.85. The SMILES string of the molecule is COc1cc(SC)c(F)c(N(CCNC(C)C)c2ccc3ncc(-c4cnn(C)c4)cc3n2)c1F. The predicted octanol–water partition coefficient (Wildman–Crippen LogP) is 5.18. The monoisotopic (exact) mass is 498 g/mol. The lowest BCUT2D eigenvalue weighted by Gasteiger charge is -2.27. The third-order valence-electron chi connectivity index (χ3n) is 5.55. The number of aromatic nitrogens is 4. The van der Waals surface area contributed by atoms with Crippen molar-refractivity contribution in [3.63, 3.8) is 0 Å². The molecule has 0 aliphatic carbocycles. The van der Waals surface area contributed by atoms with E-state index < -0.39 is 11.6 Å². The number of nitrogens with zero attached hydrogens (tertiary/aromatic N) is 5. The van der Waals surface area contributed by atoms with Gasteiger partial charge >= 0.3 is 0 Å². The second-order valence-corrected chi connectivity index (χ2v) is 9.20. The second kappa shape index (κ2) is 10.6. The fourth-order valence-electron chi connectivity index (χ4n) is 3.79. The molecule has 0 unspecified atom stereocenters. The number of nitrogens with one attached hydrogen (secondary N) is 1. The van der Waals surface area contributed by atoms with E-state index >= 15 is 8.78 Å². The minimum atomic E-state index is -0.767. The number of anilines is 2. The van der Waals surface area contributed by atoms with Gasteiger partial charge in [0.2, 0.25) is 0 Å². The Morgan fingerprint density at radius 2 is 1.91 bits per heavy atom. The van der Waals surface area contributed by atoms with Crippen LogP contribution in [0, 0.1) is 11.6 Å². The van der Waals surface area contributed by atoms with E-state index in [1.165, 1.54) is 24.9 Å². The fraction of sp³-hybridized carbons (Fsp3) is 0.320. The highest BCUT2D eigenvalue weighted by molar-refractivity contribution is 7.98. The zero-order valence-corrected chi connectivity index (χ0v) is 21.2. The van der Waals surface area contributed by atoms with Crippen LogP contribution in [0.3, 0.4) is 0 Å². The standard InChI is InChI=1S/C25H28F2N6OS/c1-15(2)28-8-9-33(25-23(26)20(34-4)11-21(35-5)24(25)27)22-7-6-18-19(31-22)10-16(12-29-18)17-13-30-32(3)14-17/h6-7,10-15,28H,8-9H2,1-5H3. The van der Waals surface area contributed by atoms with E-state index in [0.29, 0.717) is 34.8 Å². The van der Waals surface area contributed by atoms with Gasteiger partial charge in [-0.05, 0) is 30.5 Å². The van der Waals surface area contributed by atoms with Crippen LogP contribution in [-0.2, 0) is 7.05 Å². The van der Waals surface area contributed by atoms with E-state index in [2.05, 4.69) is 15.4 Å². The lowest BCUT2D eigenvalue weighted by atomic mass is 10.1. The van der Waals surface area contributed by atoms with Crippen LogP contribution in [0.25, 0.3) is 22.2 Å². The van der Waals surface area contributed by atoms with E-state index in [0.717, 1.165) is 11.1 Å². The number of pyridine rings is 2. The van der Waals surface area contributed by atoms with Crippen LogP contribution in [0.1, 0.15) is 13.8 Å². The van der Waals surface area contributed by atoms with Crippen LogP contribution in [0.2, 0.25) is 0 Å². The molecule has 0 aliphatic heterocycles. The Morgan fingerprint density at radius 1 is 1.11 bits per heavy atom. The molecule has 4 rings (SSSR count). The van der Waals surface area contributed by atoms with Crippen molar-refractivity contribution in [2.24, 2.45) is 7.05 Å². The first-order valence-corrected chi connectivity index (χ1v) is 12.4. The van der Waals surface area contributed by atoms with E-state index in [1.54, 1.807) is 40.4 Å². The molecule has 0 saturated heterocycles. The topological polar surface area (TPSA) is 68.1 Å². The number of fused-ring (bicyclic) bond motifs is 1. The van der Waals surface area contributed by atoms with Gasteiger partial charge < -0.3 is 15.0 Å². The van der Waals surface area contributed by atoms with Crippen LogP contribution < -0.4 is 15.0 Å². The van der Waals surface area contributed by atoms with Crippen molar-refractivity contribution in [1.29, 1.82) is 0 Å². The van der Waals surface area contributed by atoms with Crippen molar-refractivity contribution in [2.75, 3.05) is 31.4 Å². The molecule has 7 nitrogen and oxygen atoms in total. The molecule has 1 aromatic carbocycles. The quantitative estimate of drug-likeness (QED) is 0.319. The maximum Gasteiger partial charge on any atom is 0.191 e. The number of benzene rings is 1. The molecule has 35 heavy (non-hydrogen) atoms. The van der Waals surface area contributed by atoms with Gasteiger partial charge in [-0.15, -0.1) is 11.8 Å². The molecule has 0 fully saturated rings. The number of halogens is 2. The lowest BCUT2D eigenvalue weighted by Crippen LogP contribution is -2.34. The van der Waals surface area contributed by atoms with Gasteiger partial charge in [-0.2, -0.15) is 5.10 Å². The Balaban J connectivity index is 1.84. The first kappa shape index (κ1) is 24.9. The molecule has 10 heteroatoms. The fourth-order valence-corrected chi connectivity index (χ4v) is 4.29. The molecule has 0 spiro atoms. The molecular weight excluding hydrogens is 470 g/mol. The Hall–Kier alpha value is -3.24. The molecule has 0 saturated carbocycles. The number of hydrogen-bond acceptors (Lipinski definition) is 7. The molecule has 184 valence electrons.